The van der Waals surface area contributed by atoms with E-state index in [-0.39, 0.29) is 11.3 Å². The van der Waals surface area contributed by atoms with Gasteiger partial charge in [0, 0.05) is 24.7 Å². The molecule has 0 saturated carbocycles. The molecule has 1 fully saturated rings. The van der Waals surface area contributed by atoms with Crippen LogP contribution in [0.15, 0.2) is 52.8 Å². The first kappa shape index (κ1) is 19.9. The van der Waals surface area contributed by atoms with Gasteiger partial charge >= 0.3 is 0 Å². The van der Waals surface area contributed by atoms with E-state index in [1.807, 2.05) is 20.2 Å². The summed E-state index contributed by atoms with van der Waals surface area (Å²) in [5.74, 6) is -1.53. The maximum atomic E-state index is 13.6. The number of carbonyl (C=O) groups excluding carboxylic acids is 2. The minimum absolute atomic E-state index is 0.0825. The molecule has 0 spiro atoms. The Labute approximate surface area is 174 Å². The van der Waals surface area contributed by atoms with Crippen LogP contribution in [0.2, 0.25) is 0 Å². The predicted octanol–water partition coefficient (Wildman–Crippen LogP) is -0.00568. The zero-order chi connectivity index (χ0) is 21.4. The number of ketones is 1. The SMILES string of the molecule is Cc1nc2ccccn2c1C([O-])=C1C(=O)C(=O)N(CCC[NH+](C)C)C1c1ccco1. The first-order valence-corrected chi connectivity index (χ1v) is 9.93. The number of nitrogens with zero attached hydrogens (tertiary/aromatic N) is 3. The molecule has 30 heavy (non-hydrogen) atoms. The zero-order valence-electron chi connectivity index (χ0n) is 17.2. The third-order valence-electron chi connectivity index (χ3n) is 5.34. The monoisotopic (exact) mass is 408 g/mol. The number of pyridine rings is 1. The topological polar surface area (TPSA) is 95.3 Å². The highest BCUT2D eigenvalue weighted by Gasteiger charge is 2.45. The lowest BCUT2D eigenvalue weighted by Gasteiger charge is -2.25. The molecule has 8 heteroatoms. The number of fused-ring (bicyclic) bond motifs is 1. The molecule has 4 rings (SSSR count). The third-order valence-corrected chi connectivity index (χ3v) is 5.34. The Balaban J connectivity index is 1.85. The quantitative estimate of drug-likeness (QED) is 0.352. The van der Waals surface area contributed by atoms with Gasteiger partial charge in [-0.2, -0.15) is 0 Å². The average Bonchev–Trinajstić information content (AvgIpc) is 3.40. The molecule has 0 aromatic carbocycles. The van der Waals surface area contributed by atoms with Gasteiger partial charge in [-0.05, 0) is 31.2 Å². The van der Waals surface area contributed by atoms with Crippen molar-refractivity contribution in [3.63, 3.8) is 0 Å². The molecule has 1 saturated heterocycles. The summed E-state index contributed by atoms with van der Waals surface area (Å²) < 4.78 is 7.19. The number of rotatable bonds is 6. The number of hydrogen-bond acceptors (Lipinski definition) is 5. The van der Waals surface area contributed by atoms with E-state index < -0.39 is 23.5 Å². The van der Waals surface area contributed by atoms with Crippen molar-refractivity contribution in [2.75, 3.05) is 27.2 Å². The number of likely N-dealkylation sites (tertiary alicyclic amines) is 1. The van der Waals surface area contributed by atoms with Crippen molar-refractivity contribution in [3.8, 4) is 0 Å². The number of quaternary nitrogens is 1. The molecule has 3 aromatic heterocycles. The van der Waals surface area contributed by atoms with E-state index >= 15 is 0 Å². The molecule has 0 aliphatic carbocycles. The van der Waals surface area contributed by atoms with Crippen LogP contribution in [0.3, 0.4) is 0 Å². The summed E-state index contributed by atoms with van der Waals surface area (Å²) in [6, 6.07) is 7.95. The smallest absolute Gasteiger partial charge is 0.295 e. The fourth-order valence-corrected chi connectivity index (χ4v) is 3.96. The van der Waals surface area contributed by atoms with Gasteiger partial charge in [-0.25, -0.2) is 4.98 Å². The summed E-state index contributed by atoms with van der Waals surface area (Å²) in [5.41, 5.74) is 1.32. The standard InChI is InChI=1S/C22H24N4O4/c1-14-18(25-11-5-4-9-16(25)23-14)20(27)17-19(15-8-6-13-30-15)26(22(29)21(17)28)12-7-10-24(2)3/h4-6,8-9,11,13,19,27H,7,10,12H2,1-3H3. The Morgan fingerprint density at radius 1 is 1.23 bits per heavy atom. The lowest BCUT2D eigenvalue weighted by Crippen LogP contribution is -3.05. The molecule has 1 N–H and O–H groups in total. The van der Waals surface area contributed by atoms with E-state index in [0.717, 1.165) is 6.54 Å². The van der Waals surface area contributed by atoms with Crippen LogP contribution in [0.25, 0.3) is 11.4 Å². The van der Waals surface area contributed by atoms with Crippen LogP contribution in [0.4, 0.5) is 0 Å². The molecular weight excluding hydrogens is 384 g/mol. The summed E-state index contributed by atoms with van der Waals surface area (Å²) >= 11 is 0. The van der Waals surface area contributed by atoms with Crippen molar-refractivity contribution in [1.82, 2.24) is 14.3 Å². The zero-order valence-corrected chi connectivity index (χ0v) is 17.2. The van der Waals surface area contributed by atoms with E-state index in [0.29, 0.717) is 30.1 Å². The Bertz CT molecular complexity index is 1130. The second-order valence-electron chi connectivity index (χ2n) is 7.77. The van der Waals surface area contributed by atoms with Crippen molar-refractivity contribution >= 4 is 23.1 Å². The van der Waals surface area contributed by atoms with Gasteiger partial charge in [-0.3, -0.25) is 9.59 Å². The molecule has 1 atom stereocenters. The van der Waals surface area contributed by atoms with Gasteiger partial charge < -0.3 is 23.7 Å². The number of carbonyl (C=O) groups is 2. The number of nitrogens with one attached hydrogen (secondary N) is 1. The van der Waals surface area contributed by atoms with Crippen LogP contribution >= 0.6 is 0 Å². The Hall–Kier alpha value is -3.39. The molecule has 156 valence electrons. The van der Waals surface area contributed by atoms with Crippen LogP contribution in [0, 0.1) is 6.92 Å². The maximum absolute atomic E-state index is 13.6. The van der Waals surface area contributed by atoms with Gasteiger partial charge in [0.05, 0.1) is 38.3 Å². The predicted molar refractivity (Wildman–Crippen MR) is 107 cm³/mol. The second-order valence-corrected chi connectivity index (χ2v) is 7.77. The highest BCUT2D eigenvalue weighted by atomic mass is 16.3. The van der Waals surface area contributed by atoms with Crippen molar-refractivity contribution in [1.29, 1.82) is 0 Å². The van der Waals surface area contributed by atoms with Gasteiger partial charge in [-0.1, -0.05) is 11.8 Å². The first-order valence-electron chi connectivity index (χ1n) is 9.93. The van der Waals surface area contributed by atoms with Crippen molar-refractivity contribution in [2.45, 2.75) is 19.4 Å². The summed E-state index contributed by atoms with van der Waals surface area (Å²) in [7, 11) is 4.05. The molecule has 1 amide bonds. The number of imidazole rings is 1. The maximum Gasteiger partial charge on any atom is 0.295 e. The molecule has 1 aliphatic rings. The number of hydrogen-bond donors (Lipinski definition) is 1. The Morgan fingerprint density at radius 2 is 2.03 bits per heavy atom. The largest absolute Gasteiger partial charge is 0.871 e. The molecule has 8 nitrogen and oxygen atoms in total. The lowest BCUT2D eigenvalue weighted by atomic mass is 10.0. The normalized spacial score (nSPS) is 18.8. The lowest BCUT2D eigenvalue weighted by molar-refractivity contribution is -0.858. The fraction of sp³-hybridized carbons (Fsp3) is 0.318. The molecule has 1 aliphatic heterocycles. The van der Waals surface area contributed by atoms with E-state index in [1.165, 1.54) is 16.1 Å². The molecule has 0 radical (unpaired) electrons. The molecule has 1 unspecified atom stereocenters. The summed E-state index contributed by atoms with van der Waals surface area (Å²) in [6.45, 7) is 2.92. The number of aryl methyl sites for hydroxylation is 1. The molecule has 3 aromatic rings. The minimum atomic E-state index is -0.835. The number of furan rings is 1. The summed E-state index contributed by atoms with van der Waals surface area (Å²) in [6.07, 6.45) is 3.91. The van der Waals surface area contributed by atoms with E-state index in [1.54, 1.807) is 41.8 Å². The third kappa shape index (κ3) is 3.29. The van der Waals surface area contributed by atoms with Crippen LogP contribution in [0.5, 0.6) is 0 Å². The van der Waals surface area contributed by atoms with Crippen LogP contribution in [-0.4, -0.2) is 53.2 Å². The molecular formula is C22H24N4O4. The molecule has 4 heterocycles. The van der Waals surface area contributed by atoms with Gasteiger partial charge in [0.1, 0.15) is 17.4 Å². The average molecular weight is 408 g/mol. The number of amides is 1. The van der Waals surface area contributed by atoms with Crippen LogP contribution < -0.4 is 10.0 Å². The Morgan fingerprint density at radius 3 is 2.73 bits per heavy atom. The van der Waals surface area contributed by atoms with Gasteiger partial charge in [0.25, 0.3) is 5.91 Å². The van der Waals surface area contributed by atoms with Gasteiger partial charge in [0.2, 0.25) is 5.78 Å². The fourth-order valence-electron chi connectivity index (χ4n) is 3.96. The minimum Gasteiger partial charge on any atom is -0.871 e. The first-order chi connectivity index (χ1) is 14.4. The van der Waals surface area contributed by atoms with E-state index in [2.05, 4.69) is 4.98 Å². The highest BCUT2D eigenvalue weighted by molar-refractivity contribution is 6.46. The number of Topliss-reactive ketones (excluding diaryl/α,β-unsaturated/α-hetero) is 1. The van der Waals surface area contributed by atoms with Crippen molar-refractivity contribution in [2.24, 2.45) is 0 Å². The second kappa shape index (κ2) is 7.79. The molecule has 0 bridgehead atoms. The van der Waals surface area contributed by atoms with Gasteiger partial charge in [0.15, 0.2) is 0 Å². The van der Waals surface area contributed by atoms with Crippen molar-refractivity contribution < 1.29 is 24.0 Å². The van der Waals surface area contributed by atoms with Crippen LogP contribution in [-0.2, 0) is 9.59 Å². The Kier molecular flexibility index (Phi) is 5.17. The summed E-state index contributed by atoms with van der Waals surface area (Å²) in [5, 5.41) is 13.6. The summed E-state index contributed by atoms with van der Waals surface area (Å²) in [4.78, 5) is 32.9. The van der Waals surface area contributed by atoms with Gasteiger partial charge in [-0.15, -0.1) is 0 Å². The number of aromatic nitrogens is 2. The van der Waals surface area contributed by atoms with Crippen LogP contribution in [0.1, 0.15) is 29.6 Å². The van der Waals surface area contributed by atoms with E-state index in [9.17, 15) is 14.7 Å². The van der Waals surface area contributed by atoms with E-state index in [4.69, 9.17) is 4.42 Å². The van der Waals surface area contributed by atoms with Crippen molar-refractivity contribution in [3.05, 3.63) is 65.5 Å². The highest BCUT2D eigenvalue weighted by Crippen LogP contribution is 2.39.